The molecule has 1 atom stereocenters. The minimum atomic E-state index is -1.18. The Morgan fingerprint density at radius 2 is 1.59 bits per heavy atom. The molecule has 0 spiro atoms. The lowest BCUT2D eigenvalue weighted by atomic mass is 9.61. The van der Waals surface area contributed by atoms with Crippen LogP contribution in [-0.2, 0) is 10.8 Å². The summed E-state index contributed by atoms with van der Waals surface area (Å²) in [6.45, 7) is 9.17. The zero-order chi connectivity index (χ0) is 27.1. The predicted octanol–water partition coefficient (Wildman–Crippen LogP) is 6.92. The maximum absolute atomic E-state index is 11.2. The van der Waals surface area contributed by atoms with Crippen molar-refractivity contribution in [1.82, 2.24) is 0 Å². The highest BCUT2D eigenvalue weighted by molar-refractivity contribution is 5.91. The second kappa shape index (κ2) is 9.71. The highest BCUT2D eigenvalue weighted by atomic mass is 16.4. The summed E-state index contributed by atoms with van der Waals surface area (Å²) in [5, 5.41) is 30.4. The highest BCUT2D eigenvalue weighted by Gasteiger charge is 2.39. The molecule has 1 unspecified atom stereocenters. The van der Waals surface area contributed by atoms with Gasteiger partial charge in [-0.3, -0.25) is 0 Å². The van der Waals surface area contributed by atoms with E-state index in [0.29, 0.717) is 5.56 Å². The molecule has 1 aliphatic carbocycles. The van der Waals surface area contributed by atoms with Crippen LogP contribution in [0.25, 0.3) is 17.2 Å². The number of hydrogen-bond acceptors (Lipinski definition) is 4. The van der Waals surface area contributed by atoms with Crippen LogP contribution >= 0.6 is 0 Å². The van der Waals surface area contributed by atoms with Crippen molar-refractivity contribution in [2.75, 3.05) is 19.0 Å². The topological polar surface area (TPSA) is 81.0 Å². The number of aliphatic hydroxyl groups excluding tert-OH is 1. The molecule has 3 aromatic rings. The minimum Gasteiger partial charge on any atom is -0.507 e. The number of aromatic carboxylic acids is 1. The zero-order valence-corrected chi connectivity index (χ0v) is 22.5. The summed E-state index contributed by atoms with van der Waals surface area (Å²) in [6, 6.07) is 17.2. The molecular formula is C32H37NO4. The fourth-order valence-corrected chi connectivity index (χ4v) is 5.30. The molecule has 37 heavy (non-hydrogen) atoms. The summed E-state index contributed by atoms with van der Waals surface area (Å²) < 4.78 is 0. The molecule has 0 saturated carbocycles. The Balaban J connectivity index is 1.80. The fraction of sp³-hybridized carbons (Fsp3) is 0.344. The molecule has 0 heterocycles. The van der Waals surface area contributed by atoms with Crippen molar-refractivity contribution < 1.29 is 20.1 Å². The van der Waals surface area contributed by atoms with Crippen molar-refractivity contribution in [2.45, 2.75) is 57.5 Å². The molecule has 1 aliphatic rings. The van der Waals surface area contributed by atoms with E-state index in [1.54, 1.807) is 18.2 Å². The monoisotopic (exact) mass is 499 g/mol. The number of aromatic hydroxyl groups is 1. The first-order valence-electron chi connectivity index (χ1n) is 12.7. The van der Waals surface area contributed by atoms with Crippen molar-refractivity contribution in [3.05, 3.63) is 88.5 Å². The second-order valence-corrected chi connectivity index (χ2v) is 11.6. The lowest BCUT2D eigenvalue weighted by Crippen LogP contribution is -2.34. The number of carboxylic acids is 1. The van der Waals surface area contributed by atoms with Gasteiger partial charge in [-0.1, -0.05) is 64.1 Å². The maximum Gasteiger partial charge on any atom is 0.339 e. The van der Waals surface area contributed by atoms with Gasteiger partial charge >= 0.3 is 5.97 Å². The van der Waals surface area contributed by atoms with E-state index < -0.39 is 12.1 Å². The summed E-state index contributed by atoms with van der Waals surface area (Å²) in [7, 11) is 4.06. The zero-order valence-electron chi connectivity index (χ0n) is 22.5. The van der Waals surface area contributed by atoms with E-state index in [0.717, 1.165) is 35.2 Å². The SMILES string of the molecule is CN(C)c1ccc(-c2cc(C(O)/C=C/c3ccc(C(=O)O)c(O)c3)cc3c2C(C)(C)CCC3(C)C)cc1. The summed E-state index contributed by atoms with van der Waals surface area (Å²) in [5.41, 5.74) is 7.25. The summed E-state index contributed by atoms with van der Waals surface area (Å²) in [5.74, 6) is -1.48. The van der Waals surface area contributed by atoms with Gasteiger partial charge in [0, 0.05) is 19.8 Å². The summed E-state index contributed by atoms with van der Waals surface area (Å²) in [6.07, 6.45) is 4.67. The molecule has 5 heteroatoms. The Hall–Kier alpha value is -3.57. The second-order valence-electron chi connectivity index (χ2n) is 11.6. The number of fused-ring (bicyclic) bond motifs is 1. The number of carboxylic acid groups (broad SMARTS) is 1. The van der Waals surface area contributed by atoms with Crippen LogP contribution < -0.4 is 4.90 Å². The number of benzene rings is 3. The third-order valence-corrected chi connectivity index (χ3v) is 7.70. The van der Waals surface area contributed by atoms with E-state index in [4.69, 9.17) is 5.11 Å². The average Bonchev–Trinajstić information content (AvgIpc) is 2.84. The highest BCUT2D eigenvalue weighted by Crippen LogP contribution is 2.50. The van der Waals surface area contributed by atoms with Gasteiger partial charge in [0.15, 0.2) is 0 Å². The van der Waals surface area contributed by atoms with Crippen LogP contribution in [0.15, 0.2) is 60.7 Å². The predicted molar refractivity (Wildman–Crippen MR) is 151 cm³/mol. The van der Waals surface area contributed by atoms with E-state index >= 15 is 0 Å². The van der Waals surface area contributed by atoms with E-state index in [9.17, 15) is 15.0 Å². The Labute approximate surface area is 219 Å². The van der Waals surface area contributed by atoms with Gasteiger partial charge in [-0.25, -0.2) is 4.79 Å². The van der Waals surface area contributed by atoms with Crippen LogP contribution in [-0.4, -0.2) is 35.4 Å². The Bertz CT molecular complexity index is 1350. The third kappa shape index (κ3) is 5.28. The standard InChI is InChI=1S/C32H37NO4/c1-31(2)15-16-32(3,4)29-25(21-9-11-23(12-10-21)33(5)6)18-22(19-26(29)31)27(34)14-8-20-7-13-24(30(36)37)28(35)17-20/h7-14,17-19,27,34-35H,15-16H2,1-6H3,(H,36,37)/b14-8+. The van der Waals surface area contributed by atoms with Crippen LogP contribution in [0.3, 0.4) is 0 Å². The van der Waals surface area contributed by atoms with Gasteiger partial charge < -0.3 is 20.2 Å². The summed E-state index contributed by atoms with van der Waals surface area (Å²) in [4.78, 5) is 13.3. The third-order valence-electron chi connectivity index (χ3n) is 7.70. The molecule has 0 amide bonds. The van der Waals surface area contributed by atoms with E-state index in [2.05, 4.69) is 69.0 Å². The number of hydrogen-bond donors (Lipinski definition) is 3. The first-order chi connectivity index (χ1) is 17.3. The van der Waals surface area contributed by atoms with Gasteiger partial charge in [-0.05, 0) is 87.4 Å². The Morgan fingerprint density at radius 1 is 0.946 bits per heavy atom. The van der Waals surface area contributed by atoms with Crippen LogP contribution in [0.2, 0.25) is 0 Å². The molecule has 0 bridgehead atoms. The van der Waals surface area contributed by atoms with Gasteiger partial charge in [-0.2, -0.15) is 0 Å². The first-order valence-corrected chi connectivity index (χ1v) is 12.7. The molecule has 0 fully saturated rings. The lowest BCUT2D eigenvalue weighted by molar-refractivity contribution is 0.0693. The number of rotatable bonds is 6. The van der Waals surface area contributed by atoms with Crippen molar-refractivity contribution in [3.8, 4) is 16.9 Å². The maximum atomic E-state index is 11.2. The van der Waals surface area contributed by atoms with Gasteiger partial charge in [0.25, 0.3) is 0 Å². The molecule has 3 N–H and O–H groups in total. The number of anilines is 1. The Morgan fingerprint density at radius 3 is 2.19 bits per heavy atom. The van der Waals surface area contributed by atoms with Crippen LogP contribution in [0, 0.1) is 0 Å². The fourth-order valence-electron chi connectivity index (χ4n) is 5.30. The molecular weight excluding hydrogens is 462 g/mol. The average molecular weight is 500 g/mol. The van der Waals surface area contributed by atoms with Crippen molar-refractivity contribution in [2.24, 2.45) is 0 Å². The van der Waals surface area contributed by atoms with Gasteiger partial charge in [-0.15, -0.1) is 0 Å². The Kier molecular flexibility index (Phi) is 6.95. The molecule has 3 aromatic carbocycles. The molecule has 4 rings (SSSR count). The van der Waals surface area contributed by atoms with Crippen molar-refractivity contribution in [3.63, 3.8) is 0 Å². The molecule has 0 radical (unpaired) electrons. The van der Waals surface area contributed by atoms with Gasteiger partial charge in [0.05, 0.1) is 6.10 Å². The van der Waals surface area contributed by atoms with E-state index in [1.807, 2.05) is 14.1 Å². The first kappa shape index (κ1) is 26.5. The number of phenols is 1. The summed E-state index contributed by atoms with van der Waals surface area (Å²) >= 11 is 0. The van der Waals surface area contributed by atoms with Crippen LogP contribution in [0.5, 0.6) is 5.75 Å². The molecule has 5 nitrogen and oxygen atoms in total. The van der Waals surface area contributed by atoms with Crippen molar-refractivity contribution >= 4 is 17.7 Å². The quantitative estimate of drug-likeness (QED) is 0.343. The van der Waals surface area contributed by atoms with Crippen molar-refractivity contribution in [1.29, 1.82) is 0 Å². The molecule has 194 valence electrons. The largest absolute Gasteiger partial charge is 0.507 e. The lowest BCUT2D eigenvalue weighted by Gasteiger charge is -2.43. The number of carbonyl (C=O) groups is 1. The molecule has 0 aromatic heterocycles. The molecule has 0 aliphatic heterocycles. The van der Waals surface area contributed by atoms with Crippen LogP contribution in [0.1, 0.15) is 79.3 Å². The normalized spacial score (nSPS) is 16.8. The number of aliphatic hydroxyl groups is 1. The van der Waals surface area contributed by atoms with Crippen LogP contribution in [0.4, 0.5) is 5.69 Å². The minimum absolute atomic E-state index is 0.00312. The van der Waals surface area contributed by atoms with Gasteiger partial charge in [0.2, 0.25) is 0 Å². The van der Waals surface area contributed by atoms with E-state index in [1.165, 1.54) is 23.3 Å². The van der Waals surface area contributed by atoms with Gasteiger partial charge in [0.1, 0.15) is 11.3 Å². The number of nitrogens with zero attached hydrogens (tertiary/aromatic N) is 1. The molecule has 0 saturated heterocycles. The smallest absolute Gasteiger partial charge is 0.339 e. The van der Waals surface area contributed by atoms with E-state index in [-0.39, 0.29) is 22.1 Å².